The molecule has 24 heavy (non-hydrogen) atoms. The molecule has 0 fully saturated rings. The van der Waals surface area contributed by atoms with Crippen LogP contribution in [0.3, 0.4) is 0 Å². The maximum Gasteiger partial charge on any atom is 0.360 e. The summed E-state index contributed by atoms with van der Waals surface area (Å²) in [5.74, 6) is 0. The van der Waals surface area contributed by atoms with Gasteiger partial charge in [-0.2, -0.15) is 8.42 Å². The second-order valence-corrected chi connectivity index (χ2v) is 6.60. The van der Waals surface area contributed by atoms with Crippen LogP contribution in [0.15, 0.2) is 79.1 Å². The lowest BCUT2D eigenvalue weighted by molar-refractivity contribution is 0.477. The summed E-state index contributed by atoms with van der Waals surface area (Å²) in [4.78, 5) is 3.90. The van der Waals surface area contributed by atoms with Gasteiger partial charge in [-0.3, -0.25) is 9.54 Å². The van der Waals surface area contributed by atoms with Crippen LogP contribution in [-0.4, -0.2) is 18.0 Å². The largest absolute Gasteiger partial charge is 0.360 e. The van der Waals surface area contributed by atoms with Crippen LogP contribution in [0.4, 0.5) is 5.69 Å². The number of anilines is 1. The minimum absolute atomic E-state index is 0.0274. The monoisotopic (exact) mass is 340 g/mol. The van der Waals surface area contributed by atoms with Gasteiger partial charge >= 0.3 is 10.3 Å². The van der Waals surface area contributed by atoms with Crippen LogP contribution in [0.2, 0.25) is 0 Å². The Bertz CT molecular complexity index is 896. The predicted octanol–water partition coefficient (Wildman–Crippen LogP) is 3.56. The Morgan fingerprint density at radius 3 is 2.12 bits per heavy atom. The summed E-state index contributed by atoms with van der Waals surface area (Å²) in [7, 11) is -4.39. The van der Waals surface area contributed by atoms with E-state index in [1.165, 1.54) is 6.20 Å². The molecule has 0 saturated heterocycles. The van der Waals surface area contributed by atoms with Gasteiger partial charge < -0.3 is 0 Å². The summed E-state index contributed by atoms with van der Waals surface area (Å²) >= 11 is 0. The summed E-state index contributed by atoms with van der Waals surface area (Å²) in [6.45, 7) is 0.0274. The van der Waals surface area contributed by atoms with Gasteiger partial charge in [0, 0.05) is 6.20 Å². The summed E-state index contributed by atoms with van der Waals surface area (Å²) in [6.07, 6.45) is 2.94. The van der Waals surface area contributed by atoms with Gasteiger partial charge in [-0.15, -0.1) is 0 Å². The second-order valence-electron chi connectivity index (χ2n) is 5.26. The number of rotatable bonds is 5. The summed E-state index contributed by atoms with van der Waals surface area (Å²) in [5, 5.41) is 0. The lowest BCUT2D eigenvalue weighted by atomic mass is 10.0. The Morgan fingerprint density at radius 1 is 0.875 bits per heavy atom. The maximum atomic E-state index is 11.7. The van der Waals surface area contributed by atoms with Gasteiger partial charge in [0.05, 0.1) is 18.4 Å². The minimum atomic E-state index is -4.39. The van der Waals surface area contributed by atoms with Crippen LogP contribution < -0.4 is 4.31 Å². The van der Waals surface area contributed by atoms with Crippen LogP contribution in [-0.2, 0) is 16.8 Å². The van der Waals surface area contributed by atoms with Gasteiger partial charge in [0.1, 0.15) is 0 Å². The Balaban J connectivity index is 1.86. The zero-order valence-electron chi connectivity index (χ0n) is 12.8. The van der Waals surface area contributed by atoms with Crippen molar-refractivity contribution in [1.29, 1.82) is 0 Å². The van der Waals surface area contributed by atoms with Crippen molar-refractivity contribution in [3.63, 3.8) is 0 Å². The van der Waals surface area contributed by atoms with Crippen molar-refractivity contribution in [3.8, 4) is 11.1 Å². The van der Waals surface area contributed by atoms with Gasteiger partial charge in [0.2, 0.25) is 0 Å². The first-order chi connectivity index (χ1) is 11.5. The topological polar surface area (TPSA) is 70.5 Å². The molecule has 0 aliphatic carbocycles. The van der Waals surface area contributed by atoms with Gasteiger partial charge in [0.15, 0.2) is 0 Å². The molecule has 0 saturated carbocycles. The van der Waals surface area contributed by atoms with E-state index in [4.69, 9.17) is 0 Å². The highest BCUT2D eigenvalue weighted by Crippen LogP contribution is 2.22. The Labute approximate surface area is 141 Å². The molecule has 3 rings (SSSR count). The lowest BCUT2D eigenvalue weighted by Crippen LogP contribution is -2.29. The van der Waals surface area contributed by atoms with Crippen LogP contribution in [0, 0.1) is 0 Å². The first-order valence-electron chi connectivity index (χ1n) is 7.33. The summed E-state index contributed by atoms with van der Waals surface area (Å²) in [6, 6.07) is 20.6. The van der Waals surface area contributed by atoms with Crippen LogP contribution in [0.5, 0.6) is 0 Å². The molecule has 1 aromatic heterocycles. The molecule has 0 unspecified atom stereocenters. The predicted molar refractivity (Wildman–Crippen MR) is 93.8 cm³/mol. The number of pyridine rings is 1. The molecule has 0 aliphatic heterocycles. The van der Waals surface area contributed by atoms with Crippen molar-refractivity contribution in [2.75, 3.05) is 4.31 Å². The van der Waals surface area contributed by atoms with Gasteiger partial charge in [-0.25, -0.2) is 4.31 Å². The Morgan fingerprint density at radius 2 is 1.54 bits per heavy atom. The van der Waals surface area contributed by atoms with Crippen molar-refractivity contribution < 1.29 is 13.0 Å². The molecule has 0 spiro atoms. The van der Waals surface area contributed by atoms with Crippen molar-refractivity contribution in [2.24, 2.45) is 0 Å². The quantitative estimate of drug-likeness (QED) is 0.721. The van der Waals surface area contributed by atoms with E-state index >= 15 is 0 Å². The molecule has 0 radical (unpaired) electrons. The zero-order chi connectivity index (χ0) is 17.0. The molecule has 2 aromatic carbocycles. The van der Waals surface area contributed by atoms with E-state index in [2.05, 4.69) is 4.98 Å². The fourth-order valence-electron chi connectivity index (χ4n) is 2.41. The van der Waals surface area contributed by atoms with Crippen molar-refractivity contribution >= 4 is 16.0 Å². The van der Waals surface area contributed by atoms with Gasteiger partial charge in [-0.1, -0.05) is 54.6 Å². The normalized spacial score (nSPS) is 11.2. The molecule has 0 bridgehead atoms. The van der Waals surface area contributed by atoms with E-state index in [1.807, 2.05) is 54.6 Å². The van der Waals surface area contributed by atoms with Crippen LogP contribution in [0.1, 0.15) is 5.56 Å². The van der Waals surface area contributed by atoms with Gasteiger partial charge in [-0.05, 0) is 28.8 Å². The first kappa shape index (κ1) is 16.2. The Kier molecular flexibility index (Phi) is 4.59. The number of hydrogen-bond donors (Lipinski definition) is 1. The Hall–Kier alpha value is -2.70. The van der Waals surface area contributed by atoms with Crippen molar-refractivity contribution in [2.45, 2.75) is 6.54 Å². The zero-order valence-corrected chi connectivity index (χ0v) is 13.6. The van der Waals surface area contributed by atoms with E-state index in [-0.39, 0.29) is 6.54 Å². The molecule has 122 valence electrons. The highest BCUT2D eigenvalue weighted by Gasteiger charge is 2.20. The molecule has 1 N–H and O–H groups in total. The lowest BCUT2D eigenvalue weighted by Gasteiger charge is -2.20. The van der Waals surface area contributed by atoms with E-state index in [9.17, 15) is 13.0 Å². The number of nitrogens with zero attached hydrogens (tertiary/aromatic N) is 2. The standard InChI is InChI=1S/C18H16N2O3S/c21-24(22,23)20(18-7-4-12-19-13-18)14-15-8-10-17(11-9-15)16-5-2-1-3-6-16/h1-13H,14H2,(H,21,22,23). The molecule has 0 atom stereocenters. The molecular weight excluding hydrogens is 324 g/mol. The third-order valence-electron chi connectivity index (χ3n) is 3.60. The number of hydrogen-bond acceptors (Lipinski definition) is 3. The molecule has 1 heterocycles. The molecule has 3 aromatic rings. The molecule has 0 amide bonds. The third kappa shape index (κ3) is 3.79. The van der Waals surface area contributed by atoms with E-state index in [1.54, 1.807) is 18.3 Å². The average Bonchev–Trinajstić information content (AvgIpc) is 2.61. The number of aromatic nitrogens is 1. The summed E-state index contributed by atoms with van der Waals surface area (Å²) in [5.41, 5.74) is 3.20. The minimum Gasteiger partial charge on any atom is -0.269 e. The highest BCUT2D eigenvalue weighted by molar-refractivity contribution is 7.87. The fraction of sp³-hybridized carbons (Fsp3) is 0.0556. The fourth-order valence-corrected chi connectivity index (χ4v) is 3.09. The van der Waals surface area contributed by atoms with Crippen LogP contribution in [0.25, 0.3) is 11.1 Å². The average molecular weight is 340 g/mol. The van der Waals surface area contributed by atoms with E-state index < -0.39 is 10.3 Å². The first-order valence-corrected chi connectivity index (χ1v) is 8.73. The van der Waals surface area contributed by atoms with Gasteiger partial charge in [0.25, 0.3) is 0 Å². The molecule has 6 heteroatoms. The van der Waals surface area contributed by atoms with E-state index in [0.29, 0.717) is 5.69 Å². The van der Waals surface area contributed by atoms with E-state index in [0.717, 1.165) is 21.0 Å². The third-order valence-corrected chi connectivity index (χ3v) is 4.50. The second kappa shape index (κ2) is 6.82. The van der Waals surface area contributed by atoms with Crippen LogP contribution >= 0.6 is 0 Å². The number of benzene rings is 2. The SMILES string of the molecule is O=S(=O)(O)N(Cc1ccc(-c2ccccc2)cc1)c1cccnc1. The molecule has 5 nitrogen and oxygen atoms in total. The summed E-state index contributed by atoms with van der Waals surface area (Å²) < 4.78 is 33.8. The van der Waals surface area contributed by atoms with Crippen molar-refractivity contribution in [3.05, 3.63) is 84.7 Å². The van der Waals surface area contributed by atoms with Crippen molar-refractivity contribution in [1.82, 2.24) is 4.98 Å². The smallest absolute Gasteiger partial charge is 0.269 e. The maximum absolute atomic E-state index is 11.7. The molecular formula is C18H16N2O3S. The molecule has 0 aliphatic rings. The highest BCUT2D eigenvalue weighted by atomic mass is 32.2.